The molecule has 2 aromatic carbocycles. The molecule has 2 bridgehead atoms. The van der Waals surface area contributed by atoms with Gasteiger partial charge in [0.2, 0.25) is 0 Å². The largest absolute Gasteiger partial charge is 0.494 e. The van der Waals surface area contributed by atoms with Gasteiger partial charge in [-0.3, -0.25) is 9.78 Å². The lowest BCUT2D eigenvalue weighted by atomic mass is 10.1. The van der Waals surface area contributed by atoms with E-state index in [1.165, 1.54) is 23.7 Å². The number of carbonyl (C=O) groups is 1. The van der Waals surface area contributed by atoms with Gasteiger partial charge < -0.3 is 29.8 Å². The number of hydrogen-bond donors (Lipinski definition) is 2. The highest BCUT2D eigenvalue weighted by molar-refractivity contribution is 6.00. The molecule has 0 spiro atoms. The predicted octanol–water partition coefficient (Wildman–Crippen LogP) is 5.93. The number of benzene rings is 2. The number of fused-ring (bicyclic) bond motifs is 4. The number of nitrogens with zero attached hydrogens (tertiary/aromatic N) is 5. The van der Waals surface area contributed by atoms with Gasteiger partial charge in [0.05, 0.1) is 23.8 Å². The van der Waals surface area contributed by atoms with Crippen LogP contribution in [0.4, 0.5) is 11.4 Å². The summed E-state index contributed by atoms with van der Waals surface area (Å²) < 4.78 is 10.4. The minimum Gasteiger partial charge on any atom is -0.494 e. The van der Waals surface area contributed by atoms with E-state index < -0.39 is 0 Å². The average molecular weight is 590 g/mol. The molecule has 3 fully saturated rings. The van der Waals surface area contributed by atoms with Gasteiger partial charge in [-0.25, -0.2) is 4.98 Å². The lowest BCUT2D eigenvalue weighted by molar-refractivity contribution is 0.0700. The molecule has 2 aliphatic carbocycles. The second-order valence-electron chi connectivity index (χ2n) is 13.1. The molecule has 9 heteroatoms. The number of hydrogen-bond acceptors (Lipinski definition) is 6. The summed E-state index contributed by atoms with van der Waals surface area (Å²) in [4.78, 5) is 25.3. The van der Waals surface area contributed by atoms with Crippen molar-refractivity contribution in [3.8, 4) is 17.3 Å². The van der Waals surface area contributed by atoms with E-state index in [-0.39, 0.29) is 18.0 Å². The summed E-state index contributed by atoms with van der Waals surface area (Å²) in [6.07, 6.45) is 6.49. The Hall–Kier alpha value is -4.37. The Bertz CT molecular complexity index is 1950. The minimum absolute atomic E-state index is 0.0163. The molecule has 9 nitrogen and oxygen atoms in total. The highest BCUT2D eigenvalue weighted by Gasteiger charge is 2.47. The maximum Gasteiger partial charge on any atom is 0.254 e. The number of carbonyl (C=O) groups excluding carboxylic acids is 1. The van der Waals surface area contributed by atoms with Crippen LogP contribution < -0.4 is 15.8 Å². The van der Waals surface area contributed by atoms with Crippen LogP contribution in [0.2, 0.25) is 0 Å². The normalized spacial score (nSPS) is 21.1. The smallest absolute Gasteiger partial charge is 0.254 e. The van der Waals surface area contributed by atoms with Crippen LogP contribution >= 0.6 is 0 Å². The molecule has 3 atom stereocenters. The average Bonchev–Trinajstić information content (AvgIpc) is 3.43. The number of pyridine rings is 1. The Balaban J connectivity index is 1.21. The van der Waals surface area contributed by atoms with E-state index in [0.717, 1.165) is 71.1 Å². The molecular formula is C35H39N7O2. The van der Waals surface area contributed by atoms with Gasteiger partial charge in [0.15, 0.2) is 5.82 Å². The van der Waals surface area contributed by atoms with Crippen molar-refractivity contribution >= 4 is 39.2 Å². The summed E-state index contributed by atoms with van der Waals surface area (Å²) >= 11 is 0. The molecule has 8 rings (SSSR count). The fraction of sp³-hybridized carbons (Fsp3) is 0.400. The fourth-order valence-electron chi connectivity index (χ4n) is 7.46. The number of ether oxygens (including phenoxy) is 1. The van der Waals surface area contributed by atoms with Crippen LogP contribution in [0.3, 0.4) is 0 Å². The first-order valence-corrected chi connectivity index (χ1v) is 15.7. The van der Waals surface area contributed by atoms with Gasteiger partial charge in [0, 0.05) is 66.4 Å². The molecule has 3 aromatic heterocycles. The molecule has 3 N–H and O–H groups in total. The van der Waals surface area contributed by atoms with Crippen LogP contribution in [-0.2, 0) is 13.6 Å². The lowest BCUT2D eigenvalue weighted by Crippen LogP contribution is -2.41. The predicted molar refractivity (Wildman–Crippen MR) is 173 cm³/mol. The monoisotopic (exact) mass is 589 g/mol. The van der Waals surface area contributed by atoms with Crippen molar-refractivity contribution in [2.45, 2.75) is 58.2 Å². The van der Waals surface area contributed by atoms with Gasteiger partial charge in [-0.1, -0.05) is 6.07 Å². The Labute approximate surface area is 257 Å². The number of likely N-dealkylation sites (tertiary alicyclic amines) is 1. The molecule has 0 radical (unpaired) electrons. The maximum absolute atomic E-state index is 13.7. The van der Waals surface area contributed by atoms with Gasteiger partial charge in [-0.15, -0.1) is 0 Å². The Morgan fingerprint density at radius 1 is 1.09 bits per heavy atom. The van der Waals surface area contributed by atoms with Crippen LogP contribution in [0.1, 0.15) is 47.3 Å². The molecule has 5 aromatic rings. The van der Waals surface area contributed by atoms with Crippen molar-refractivity contribution in [3.63, 3.8) is 0 Å². The van der Waals surface area contributed by atoms with E-state index in [4.69, 9.17) is 15.5 Å². The van der Waals surface area contributed by atoms with Crippen molar-refractivity contribution in [3.05, 3.63) is 65.5 Å². The van der Waals surface area contributed by atoms with Crippen LogP contribution in [0.25, 0.3) is 33.5 Å². The van der Waals surface area contributed by atoms with Crippen LogP contribution in [0.5, 0.6) is 5.75 Å². The molecule has 226 valence electrons. The number of anilines is 2. The van der Waals surface area contributed by atoms with Gasteiger partial charge in [-0.2, -0.15) is 0 Å². The minimum atomic E-state index is 0.0163. The van der Waals surface area contributed by atoms with Gasteiger partial charge in [0.1, 0.15) is 11.3 Å². The van der Waals surface area contributed by atoms with Crippen molar-refractivity contribution < 1.29 is 9.53 Å². The van der Waals surface area contributed by atoms with Gasteiger partial charge in [-0.05, 0) is 93.3 Å². The van der Waals surface area contributed by atoms with Gasteiger partial charge >= 0.3 is 0 Å². The highest BCUT2D eigenvalue weighted by atomic mass is 16.5. The third kappa shape index (κ3) is 4.36. The molecule has 4 heterocycles. The Morgan fingerprint density at radius 3 is 2.66 bits per heavy atom. The van der Waals surface area contributed by atoms with Crippen molar-refractivity contribution in [1.29, 1.82) is 0 Å². The summed E-state index contributed by atoms with van der Waals surface area (Å²) in [5.74, 6) is 2.60. The van der Waals surface area contributed by atoms with Crippen LogP contribution in [-0.4, -0.2) is 55.6 Å². The van der Waals surface area contributed by atoms with E-state index in [0.29, 0.717) is 23.1 Å². The molecule has 0 unspecified atom stereocenters. The van der Waals surface area contributed by atoms with E-state index >= 15 is 0 Å². The first kappa shape index (κ1) is 27.2. The summed E-state index contributed by atoms with van der Waals surface area (Å²) in [5, 5.41) is 4.79. The Morgan fingerprint density at radius 2 is 1.93 bits per heavy atom. The quantitative estimate of drug-likeness (QED) is 0.244. The molecule has 1 saturated heterocycles. The van der Waals surface area contributed by atoms with E-state index in [1.54, 1.807) is 7.11 Å². The zero-order valence-corrected chi connectivity index (χ0v) is 25.8. The number of imidazole rings is 1. The number of nitrogens with two attached hydrogens (primary N) is 1. The third-order valence-corrected chi connectivity index (χ3v) is 10.1. The molecule has 1 aliphatic heterocycles. The van der Waals surface area contributed by atoms with E-state index in [1.807, 2.05) is 37.2 Å². The fourth-order valence-corrected chi connectivity index (χ4v) is 7.46. The number of aryl methyl sites for hydroxylation is 3. The topological polar surface area (TPSA) is 103 Å². The molecule has 44 heavy (non-hydrogen) atoms. The number of aromatic nitrogens is 4. The lowest BCUT2D eigenvalue weighted by Gasteiger charge is -2.27. The van der Waals surface area contributed by atoms with Crippen LogP contribution in [0, 0.1) is 25.7 Å². The Kier molecular flexibility index (Phi) is 6.24. The van der Waals surface area contributed by atoms with Crippen molar-refractivity contribution in [2.75, 3.05) is 19.0 Å². The summed E-state index contributed by atoms with van der Waals surface area (Å²) in [6, 6.07) is 14.9. The zero-order chi connectivity index (χ0) is 30.3. The number of methoxy groups -OCH3 is 1. The first-order chi connectivity index (χ1) is 21.3. The summed E-state index contributed by atoms with van der Waals surface area (Å²) in [6.45, 7) is 5.76. The number of amides is 1. The first-order valence-electron chi connectivity index (χ1n) is 15.7. The number of rotatable bonds is 7. The zero-order valence-electron chi connectivity index (χ0n) is 25.8. The summed E-state index contributed by atoms with van der Waals surface area (Å²) in [5.41, 5.74) is 15.1. The highest BCUT2D eigenvalue weighted by Crippen LogP contribution is 2.40. The molecule has 2 saturated carbocycles. The van der Waals surface area contributed by atoms with Gasteiger partial charge in [0.25, 0.3) is 5.91 Å². The second-order valence-corrected chi connectivity index (χ2v) is 13.1. The number of nitrogens with one attached hydrogen (secondary N) is 1. The second kappa shape index (κ2) is 10.1. The van der Waals surface area contributed by atoms with Crippen molar-refractivity contribution in [1.82, 2.24) is 24.0 Å². The van der Waals surface area contributed by atoms with E-state index in [9.17, 15) is 4.79 Å². The molecule has 1 amide bonds. The maximum atomic E-state index is 13.7. The standard InChI is InChI=1S/C35H39N7O2/c1-19-16-37-20(2)11-26(19)38-25-9-7-22-13-30(41(29(22)15-25)17-21-5-6-21)34-39-27-12-24(14-31(44-4)33(27)40(34)3)35(43)42-18-23-8-10-28(42)32(23)36/h7,9,11-16,21,23,28,32H,5-6,8,10,17-18,36H2,1-4H3,(H,37,38)/t23-,28-,32-/m1/s1. The van der Waals surface area contributed by atoms with E-state index in [2.05, 4.69) is 56.7 Å². The third-order valence-electron chi connectivity index (χ3n) is 10.1. The molecule has 3 aliphatic rings. The van der Waals surface area contributed by atoms with Crippen molar-refractivity contribution in [2.24, 2.45) is 24.6 Å². The SMILES string of the molecule is COc1cc(C(=O)N2C[C@H]3CC[C@@H]2[C@@H]3N)cc2nc(-c3cc4ccc(Nc5cc(C)ncc5C)cc4n3CC3CC3)n(C)c12. The molecular weight excluding hydrogens is 550 g/mol. The number of piperidine rings is 1. The summed E-state index contributed by atoms with van der Waals surface area (Å²) in [7, 11) is 3.70. The van der Waals surface area contributed by atoms with Crippen LogP contribution in [0.15, 0.2) is 48.7 Å².